The van der Waals surface area contributed by atoms with Crippen molar-refractivity contribution in [3.05, 3.63) is 71.8 Å². The normalized spacial score (nSPS) is 20.1. The molecule has 0 spiro atoms. The number of hydrogen-bond acceptors (Lipinski definition) is 2. The third-order valence-corrected chi connectivity index (χ3v) is 4.44. The highest BCUT2D eigenvalue weighted by atomic mass is 16.5. The van der Waals surface area contributed by atoms with Gasteiger partial charge in [0.15, 0.2) is 0 Å². The first-order valence-electron chi connectivity index (χ1n) is 9.01. The zero-order valence-electron chi connectivity index (χ0n) is 15.1. The van der Waals surface area contributed by atoms with Gasteiger partial charge in [0.25, 0.3) is 0 Å². The van der Waals surface area contributed by atoms with Crippen molar-refractivity contribution < 1.29 is 9.47 Å². The lowest BCUT2D eigenvalue weighted by molar-refractivity contribution is 0.0141. The minimum Gasteiger partial charge on any atom is -0.369 e. The predicted octanol–water partition coefficient (Wildman–Crippen LogP) is 5.30. The summed E-state index contributed by atoms with van der Waals surface area (Å²) in [6, 6.07) is 20.7. The van der Waals surface area contributed by atoms with E-state index in [0.717, 1.165) is 19.3 Å². The Balaban J connectivity index is 1.47. The van der Waals surface area contributed by atoms with Gasteiger partial charge in [0.05, 0.1) is 18.8 Å². The van der Waals surface area contributed by atoms with Crippen LogP contribution < -0.4 is 0 Å². The molecule has 2 atom stereocenters. The highest BCUT2D eigenvalue weighted by Gasteiger charge is 2.25. The van der Waals surface area contributed by atoms with Gasteiger partial charge in [-0.2, -0.15) is 0 Å². The van der Waals surface area contributed by atoms with Crippen molar-refractivity contribution in [1.29, 1.82) is 0 Å². The fraction of sp³-hybridized carbons (Fsp3) is 0.391. The second kappa shape index (κ2) is 8.34. The molecule has 25 heavy (non-hydrogen) atoms. The van der Waals surface area contributed by atoms with Gasteiger partial charge in [0.2, 0.25) is 0 Å². The number of benzene rings is 2. The van der Waals surface area contributed by atoms with E-state index in [1.54, 1.807) is 0 Å². The lowest BCUT2D eigenvalue weighted by Crippen LogP contribution is -2.22. The summed E-state index contributed by atoms with van der Waals surface area (Å²) in [6.07, 6.45) is 3.35. The molecule has 1 saturated heterocycles. The summed E-state index contributed by atoms with van der Waals surface area (Å²) in [5.74, 6) is 6.53. The maximum Gasteiger partial charge on any atom is 0.123 e. The smallest absolute Gasteiger partial charge is 0.123 e. The third kappa shape index (κ3) is 5.46. The van der Waals surface area contributed by atoms with Crippen molar-refractivity contribution >= 4 is 0 Å². The first-order valence-corrected chi connectivity index (χ1v) is 9.01. The van der Waals surface area contributed by atoms with Gasteiger partial charge in [-0.05, 0) is 37.8 Å². The van der Waals surface area contributed by atoms with Gasteiger partial charge >= 0.3 is 0 Å². The number of ether oxygens (including phenoxy) is 2. The zero-order valence-corrected chi connectivity index (χ0v) is 15.1. The molecule has 2 aromatic carbocycles. The largest absolute Gasteiger partial charge is 0.369 e. The Morgan fingerprint density at radius 1 is 1.00 bits per heavy atom. The maximum absolute atomic E-state index is 6.15. The van der Waals surface area contributed by atoms with Crippen molar-refractivity contribution in [1.82, 2.24) is 0 Å². The predicted molar refractivity (Wildman–Crippen MR) is 101 cm³/mol. The highest BCUT2D eigenvalue weighted by Crippen LogP contribution is 2.33. The lowest BCUT2D eigenvalue weighted by Gasteiger charge is -2.19. The molecule has 0 unspecified atom stereocenters. The van der Waals surface area contributed by atoms with Gasteiger partial charge in [-0.3, -0.25) is 0 Å². The van der Waals surface area contributed by atoms with Crippen molar-refractivity contribution in [3.8, 4) is 11.8 Å². The molecule has 3 rings (SSSR count). The van der Waals surface area contributed by atoms with E-state index in [2.05, 4.69) is 48.2 Å². The quantitative estimate of drug-likeness (QED) is 0.691. The molecule has 0 N–H and O–H groups in total. The zero-order chi connectivity index (χ0) is 17.5. The highest BCUT2D eigenvalue weighted by molar-refractivity contribution is 5.19. The molecule has 0 bridgehead atoms. The van der Waals surface area contributed by atoms with Gasteiger partial charge in [-0.1, -0.05) is 72.5 Å². The first kappa shape index (κ1) is 17.7. The maximum atomic E-state index is 6.15. The van der Waals surface area contributed by atoms with Crippen molar-refractivity contribution in [3.63, 3.8) is 0 Å². The van der Waals surface area contributed by atoms with Gasteiger partial charge in [0.1, 0.15) is 5.60 Å². The summed E-state index contributed by atoms with van der Waals surface area (Å²) in [5.41, 5.74) is 1.99. The van der Waals surface area contributed by atoms with Crippen LogP contribution in [0.15, 0.2) is 60.7 Å². The Kier molecular flexibility index (Phi) is 5.91. The first-order chi connectivity index (χ1) is 12.1. The molecule has 0 radical (unpaired) electrons. The molecule has 1 aliphatic heterocycles. The van der Waals surface area contributed by atoms with Gasteiger partial charge in [-0.15, -0.1) is 0 Å². The minimum absolute atomic E-state index is 0.218. The summed E-state index contributed by atoms with van der Waals surface area (Å²) >= 11 is 0. The van der Waals surface area contributed by atoms with Crippen molar-refractivity contribution in [2.24, 2.45) is 0 Å². The molecule has 1 heterocycles. The van der Waals surface area contributed by atoms with E-state index in [4.69, 9.17) is 9.47 Å². The molecule has 1 fully saturated rings. The lowest BCUT2D eigenvalue weighted by atomic mass is 10.1. The van der Waals surface area contributed by atoms with Crippen LogP contribution in [-0.4, -0.2) is 11.7 Å². The molecule has 130 valence electrons. The summed E-state index contributed by atoms with van der Waals surface area (Å²) < 4.78 is 12.1. The van der Waals surface area contributed by atoms with E-state index < -0.39 is 5.60 Å². The van der Waals surface area contributed by atoms with E-state index in [-0.39, 0.29) is 12.2 Å². The van der Waals surface area contributed by atoms with E-state index in [0.29, 0.717) is 6.61 Å². The summed E-state index contributed by atoms with van der Waals surface area (Å²) in [5, 5.41) is 0. The minimum atomic E-state index is -0.451. The molecule has 0 saturated carbocycles. The Morgan fingerprint density at radius 3 is 2.40 bits per heavy atom. The topological polar surface area (TPSA) is 18.5 Å². The van der Waals surface area contributed by atoms with Crippen LogP contribution in [0.2, 0.25) is 0 Å². The average Bonchev–Trinajstić information content (AvgIpc) is 3.11. The van der Waals surface area contributed by atoms with Crippen LogP contribution in [0.1, 0.15) is 50.3 Å². The monoisotopic (exact) mass is 334 g/mol. The molecule has 2 heteroatoms. The summed E-state index contributed by atoms with van der Waals surface area (Å²) in [6.45, 7) is 4.62. The molecular formula is C23H26O2. The third-order valence-electron chi connectivity index (χ3n) is 4.44. The van der Waals surface area contributed by atoms with E-state index >= 15 is 0 Å². The molecule has 2 aromatic rings. The van der Waals surface area contributed by atoms with Crippen LogP contribution in [0.25, 0.3) is 0 Å². The van der Waals surface area contributed by atoms with Crippen LogP contribution in [0.3, 0.4) is 0 Å². The van der Waals surface area contributed by atoms with Crippen LogP contribution in [0, 0.1) is 11.8 Å². The van der Waals surface area contributed by atoms with Crippen LogP contribution in [-0.2, 0) is 16.1 Å². The number of hydrogen-bond donors (Lipinski definition) is 0. The molecule has 0 aromatic heterocycles. The summed E-state index contributed by atoms with van der Waals surface area (Å²) in [4.78, 5) is 0. The Labute approximate surface area is 151 Å². The molecule has 2 nitrogen and oxygen atoms in total. The van der Waals surface area contributed by atoms with Crippen molar-refractivity contribution in [2.75, 3.05) is 0 Å². The summed E-state index contributed by atoms with van der Waals surface area (Å²) in [7, 11) is 0. The fourth-order valence-corrected chi connectivity index (χ4v) is 3.02. The molecule has 1 aliphatic rings. The van der Waals surface area contributed by atoms with E-state index in [9.17, 15) is 0 Å². The molecule has 0 aliphatic carbocycles. The van der Waals surface area contributed by atoms with E-state index in [1.165, 1.54) is 11.1 Å². The Bertz CT molecular complexity index is 710. The van der Waals surface area contributed by atoms with Crippen molar-refractivity contribution in [2.45, 2.75) is 57.5 Å². The van der Waals surface area contributed by atoms with Gasteiger partial charge in [-0.25, -0.2) is 0 Å². The molecule has 0 amide bonds. The second-order valence-corrected chi connectivity index (χ2v) is 7.03. The van der Waals surface area contributed by atoms with Crippen LogP contribution >= 0.6 is 0 Å². The number of rotatable bonds is 5. The van der Waals surface area contributed by atoms with Gasteiger partial charge < -0.3 is 9.47 Å². The average molecular weight is 334 g/mol. The fourth-order valence-electron chi connectivity index (χ4n) is 3.02. The second-order valence-electron chi connectivity index (χ2n) is 7.03. The van der Waals surface area contributed by atoms with Crippen LogP contribution in [0.5, 0.6) is 0 Å². The van der Waals surface area contributed by atoms with Gasteiger partial charge in [0, 0.05) is 6.42 Å². The molecular weight excluding hydrogens is 308 g/mol. The SMILES string of the molecule is CC(C)(C#CC[C@@H]1CC[C@@H](c2ccccc2)O1)OCc1ccccc1. The van der Waals surface area contributed by atoms with Crippen LogP contribution in [0.4, 0.5) is 0 Å². The van der Waals surface area contributed by atoms with E-state index in [1.807, 2.05) is 38.1 Å². The standard InChI is InChI=1S/C23H26O2/c1-23(2,24-18-19-10-5-3-6-11-19)17-9-14-21-15-16-22(25-21)20-12-7-4-8-13-20/h3-8,10-13,21-22H,14-16,18H2,1-2H3/t21-,22+/m1/s1. The Morgan fingerprint density at radius 2 is 1.68 bits per heavy atom. The Hall–Kier alpha value is -2.08.